The van der Waals surface area contributed by atoms with Crippen molar-refractivity contribution in [2.24, 2.45) is 5.92 Å². The Morgan fingerprint density at radius 2 is 1.70 bits per heavy atom. The number of carbonyl (C=O) groups excluding carboxylic acids is 1. The Kier molecular flexibility index (Phi) is 4.59. The summed E-state index contributed by atoms with van der Waals surface area (Å²) in [5.41, 5.74) is 3.01. The summed E-state index contributed by atoms with van der Waals surface area (Å²) in [6.07, 6.45) is 2.48. The minimum atomic E-state index is -0.389. The Morgan fingerprint density at radius 1 is 1.04 bits per heavy atom. The van der Waals surface area contributed by atoms with Crippen LogP contribution < -0.4 is 10.1 Å². The molecule has 2 heterocycles. The van der Waals surface area contributed by atoms with Crippen LogP contribution in [-0.2, 0) is 11.8 Å². The number of Topliss-reactive ketones (excluding diaryl/α,β-unsaturated/α-hetero) is 1. The van der Waals surface area contributed by atoms with Gasteiger partial charge in [-0.15, -0.1) is 0 Å². The second kappa shape index (κ2) is 6.79. The molecule has 3 heteroatoms. The molecule has 0 aliphatic carbocycles. The van der Waals surface area contributed by atoms with Crippen LogP contribution in [0.15, 0.2) is 48.5 Å². The highest BCUT2D eigenvalue weighted by Crippen LogP contribution is 2.43. The molecule has 142 valence electrons. The van der Waals surface area contributed by atoms with Gasteiger partial charge in [-0.05, 0) is 48.2 Å². The highest BCUT2D eigenvalue weighted by molar-refractivity contribution is 6.02. The van der Waals surface area contributed by atoms with Crippen LogP contribution in [0.25, 0.3) is 0 Å². The third kappa shape index (κ3) is 3.41. The number of hydrogen-bond acceptors (Lipinski definition) is 3. The van der Waals surface area contributed by atoms with E-state index in [0.29, 0.717) is 0 Å². The van der Waals surface area contributed by atoms with Gasteiger partial charge in [0.05, 0.1) is 11.5 Å². The summed E-state index contributed by atoms with van der Waals surface area (Å²) < 4.78 is 6.53. The van der Waals surface area contributed by atoms with E-state index in [1.54, 1.807) is 0 Å². The fourth-order valence-electron chi connectivity index (χ4n) is 4.43. The summed E-state index contributed by atoms with van der Waals surface area (Å²) in [6, 6.07) is 16.5. The second-order valence-corrected chi connectivity index (χ2v) is 8.98. The van der Waals surface area contributed by atoms with Crippen molar-refractivity contribution in [3.63, 3.8) is 0 Å². The number of carbonyl (C=O) groups is 1. The number of nitrogens with one attached hydrogen (secondary N) is 1. The summed E-state index contributed by atoms with van der Waals surface area (Å²) in [4.78, 5) is 13.4. The Labute approximate surface area is 162 Å². The summed E-state index contributed by atoms with van der Waals surface area (Å²) in [5, 5.41) is 3.41. The van der Waals surface area contributed by atoms with E-state index >= 15 is 0 Å². The molecule has 1 fully saturated rings. The number of piperidine rings is 1. The van der Waals surface area contributed by atoms with E-state index in [4.69, 9.17) is 4.74 Å². The maximum atomic E-state index is 13.4. The Hall–Kier alpha value is -2.13. The molecule has 2 aromatic carbocycles. The number of para-hydroxylation sites is 1. The molecule has 0 radical (unpaired) electrons. The van der Waals surface area contributed by atoms with Crippen molar-refractivity contribution >= 4 is 5.78 Å². The van der Waals surface area contributed by atoms with Crippen LogP contribution in [0.1, 0.15) is 55.1 Å². The first-order valence-electron chi connectivity index (χ1n) is 10.0. The monoisotopic (exact) mass is 363 g/mol. The lowest BCUT2D eigenvalue weighted by Crippen LogP contribution is -2.56. The lowest BCUT2D eigenvalue weighted by molar-refractivity contribution is -0.0208. The van der Waals surface area contributed by atoms with Crippen LogP contribution in [-0.4, -0.2) is 24.5 Å². The third-order valence-corrected chi connectivity index (χ3v) is 6.13. The van der Waals surface area contributed by atoms with Crippen LogP contribution in [0.3, 0.4) is 0 Å². The number of ketones is 1. The lowest BCUT2D eigenvalue weighted by atomic mass is 9.71. The molecule has 1 spiro atoms. The van der Waals surface area contributed by atoms with Gasteiger partial charge in [-0.3, -0.25) is 4.79 Å². The lowest BCUT2D eigenvalue weighted by Gasteiger charge is -2.46. The van der Waals surface area contributed by atoms with Gasteiger partial charge < -0.3 is 10.1 Å². The summed E-state index contributed by atoms with van der Waals surface area (Å²) in [5.74, 6) is 0.859. The van der Waals surface area contributed by atoms with Crippen molar-refractivity contribution in [3.8, 4) is 5.75 Å². The van der Waals surface area contributed by atoms with E-state index in [1.165, 1.54) is 11.1 Å². The average molecular weight is 364 g/mol. The number of hydrogen-bond donors (Lipinski definition) is 1. The molecule has 3 nitrogen and oxygen atoms in total. The van der Waals surface area contributed by atoms with Crippen molar-refractivity contribution in [2.75, 3.05) is 13.1 Å². The van der Waals surface area contributed by atoms with Crippen LogP contribution in [0.2, 0.25) is 0 Å². The Morgan fingerprint density at radius 3 is 2.37 bits per heavy atom. The number of fused-ring (bicyclic) bond motifs is 1. The Balaban J connectivity index is 1.67. The van der Waals surface area contributed by atoms with Crippen LogP contribution in [0.4, 0.5) is 0 Å². The molecule has 0 aromatic heterocycles. The molecule has 0 amide bonds. The van der Waals surface area contributed by atoms with E-state index in [0.717, 1.165) is 43.7 Å². The predicted molar refractivity (Wildman–Crippen MR) is 109 cm³/mol. The van der Waals surface area contributed by atoms with Crippen molar-refractivity contribution < 1.29 is 9.53 Å². The van der Waals surface area contributed by atoms with E-state index in [9.17, 15) is 4.79 Å². The van der Waals surface area contributed by atoms with Gasteiger partial charge in [-0.2, -0.15) is 0 Å². The van der Waals surface area contributed by atoms with Gasteiger partial charge in [0.1, 0.15) is 11.4 Å². The van der Waals surface area contributed by atoms with E-state index in [-0.39, 0.29) is 22.7 Å². The fraction of sp³-hybridized carbons (Fsp3) is 0.458. The number of benzene rings is 2. The molecule has 0 bridgehead atoms. The molecule has 4 rings (SSSR count). The van der Waals surface area contributed by atoms with Gasteiger partial charge in [-0.1, -0.05) is 57.2 Å². The zero-order valence-corrected chi connectivity index (χ0v) is 16.5. The number of rotatable bonds is 2. The number of ether oxygens (including phenoxy) is 1. The van der Waals surface area contributed by atoms with Crippen molar-refractivity contribution in [1.29, 1.82) is 0 Å². The molecule has 1 saturated heterocycles. The van der Waals surface area contributed by atoms with E-state index in [1.807, 2.05) is 24.3 Å². The highest BCUT2D eigenvalue weighted by atomic mass is 16.5. The second-order valence-electron chi connectivity index (χ2n) is 8.98. The van der Waals surface area contributed by atoms with Crippen molar-refractivity contribution in [3.05, 3.63) is 65.2 Å². The minimum Gasteiger partial charge on any atom is -0.486 e. The quantitative estimate of drug-likeness (QED) is 0.851. The first kappa shape index (κ1) is 18.2. The summed E-state index contributed by atoms with van der Waals surface area (Å²) in [7, 11) is 0. The van der Waals surface area contributed by atoms with Crippen molar-refractivity contribution in [1.82, 2.24) is 5.32 Å². The summed E-state index contributed by atoms with van der Waals surface area (Å²) in [6.45, 7) is 8.47. The van der Waals surface area contributed by atoms with Gasteiger partial charge >= 0.3 is 0 Å². The van der Waals surface area contributed by atoms with Crippen molar-refractivity contribution in [2.45, 2.75) is 51.0 Å². The van der Waals surface area contributed by atoms with Gasteiger partial charge in [0, 0.05) is 12.8 Å². The van der Waals surface area contributed by atoms with Crippen LogP contribution in [0, 0.1) is 5.92 Å². The molecule has 1 N–H and O–H groups in total. The normalized spacial score (nSPS) is 21.6. The SMILES string of the molecule is CC(C)(C)c1ccc(CC2C(=O)c3ccccc3OC23CCNCC3)cc1. The molecule has 1 unspecified atom stereocenters. The standard InChI is InChI=1S/C24H29NO2/c1-23(2,3)18-10-8-17(9-11-18)16-20-22(26)19-6-4-5-7-21(19)27-24(20)12-14-25-15-13-24/h4-11,20,25H,12-16H2,1-3H3. The minimum absolute atomic E-state index is 0.130. The van der Waals surface area contributed by atoms with Gasteiger partial charge in [0.25, 0.3) is 0 Å². The first-order chi connectivity index (χ1) is 12.9. The fourth-order valence-corrected chi connectivity index (χ4v) is 4.43. The topological polar surface area (TPSA) is 38.3 Å². The largest absolute Gasteiger partial charge is 0.486 e. The average Bonchev–Trinajstić information content (AvgIpc) is 2.66. The molecule has 2 aliphatic rings. The molecule has 2 aliphatic heterocycles. The van der Waals surface area contributed by atoms with Gasteiger partial charge in [0.2, 0.25) is 0 Å². The molecular formula is C24H29NO2. The molecule has 0 saturated carbocycles. The zero-order valence-electron chi connectivity index (χ0n) is 16.5. The van der Waals surface area contributed by atoms with Gasteiger partial charge in [0.15, 0.2) is 5.78 Å². The molecule has 2 aromatic rings. The maximum Gasteiger partial charge on any atom is 0.173 e. The van der Waals surface area contributed by atoms with E-state index in [2.05, 4.69) is 50.4 Å². The summed E-state index contributed by atoms with van der Waals surface area (Å²) >= 11 is 0. The predicted octanol–water partition coefficient (Wildman–Crippen LogP) is 4.54. The molecular weight excluding hydrogens is 334 g/mol. The van der Waals surface area contributed by atoms with Gasteiger partial charge in [-0.25, -0.2) is 0 Å². The van der Waals surface area contributed by atoms with Crippen LogP contribution in [0.5, 0.6) is 5.75 Å². The van der Waals surface area contributed by atoms with E-state index < -0.39 is 0 Å². The third-order valence-electron chi connectivity index (χ3n) is 6.13. The molecule has 1 atom stereocenters. The highest BCUT2D eigenvalue weighted by Gasteiger charge is 2.49. The van der Waals surface area contributed by atoms with Crippen LogP contribution >= 0.6 is 0 Å². The first-order valence-corrected chi connectivity index (χ1v) is 10.0. The molecule has 27 heavy (non-hydrogen) atoms. The maximum absolute atomic E-state index is 13.4. The Bertz CT molecular complexity index is 826. The zero-order chi connectivity index (χ0) is 19.1. The smallest absolute Gasteiger partial charge is 0.173 e.